The van der Waals surface area contributed by atoms with Crippen LogP contribution in [0.5, 0.6) is 0 Å². The van der Waals surface area contributed by atoms with Gasteiger partial charge in [0.2, 0.25) is 5.91 Å². The second kappa shape index (κ2) is 7.74. The molecule has 2 rings (SSSR count). The number of benzene rings is 1. The maximum Gasteiger partial charge on any atom is 0.274 e. The number of hydrogen-bond acceptors (Lipinski definition) is 5. The summed E-state index contributed by atoms with van der Waals surface area (Å²) in [5.74, 6) is -0.241. The minimum absolute atomic E-state index is 0.00951. The molecule has 0 aliphatic carbocycles. The van der Waals surface area contributed by atoms with Crippen LogP contribution in [0.1, 0.15) is 35.0 Å². The Labute approximate surface area is 139 Å². The second-order valence-electron chi connectivity index (χ2n) is 5.06. The van der Waals surface area contributed by atoms with Crippen molar-refractivity contribution < 1.29 is 14.0 Å². The number of hydrazone groups is 1. The highest BCUT2D eigenvalue weighted by Gasteiger charge is 2.11. The van der Waals surface area contributed by atoms with Gasteiger partial charge < -0.3 is 9.73 Å². The molecule has 0 unspecified atom stereocenters. The Morgan fingerprint density at radius 2 is 2.04 bits per heavy atom. The summed E-state index contributed by atoms with van der Waals surface area (Å²) in [4.78, 5) is 23.9. The molecule has 0 fully saturated rings. The van der Waals surface area contributed by atoms with Gasteiger partial charge in [0.1, 0.15) is 11.8 Å². The fourth-order valence-corrected chi connectivity index (χ4v) is 1.98. The Kier molecular flexibility index (Phi) is 5.47. The first-order chi connectivity index (χ1) is 11.5. The minimum atomic E-state index is -0.407. The van der Waals surface area contributed by atoms with Crippen LogP contribution in [0, 0.1) is 18.3 Å². The number of nitrogens with one attached hydrogen (secondary N) is 2. The number of anilines is 1. The van der Waals surface area contributed by atoms with Gasteiger partial charge >= 0.3 is 0 Å². The van der Waals surface area contributed by atoms with Gasteiger partial charge in [0.05, 0.1) is 29.5 Å². The van der Waals surface area contributed by atoms with Crippen LogP contribution in [0.4, 0.5) is 5.69 Å². The van der Waals surface area contributed by atoms with E-state index in [9.17, 15) is 9.59 Å². The number of furan rings is 1. The average Bonchev–Trinajstić information content (AvgIpc) is 2.99. The minimum Gasteiger partial charge on any atom is -0.469 e. The van der Waals surface area contributed by atoms with Crippen molar-refractivity contribution in [2.45, 2.75) is 20.3 Å². The van der Waals surface area contributed by atoms with Crippen LogP contribution in [0.15, 0.2) is 46.1 Å². The number of nitrogens with zero attached hydrogens (tertiary/aromatic N) is 2. The molecular weight excluding hydrogens is 308 g/mol. The number of para-hydroxylation sites is 1. The molecule has 0 saturated carbocycles. The van der Waals surface area contributed by atoms with E-state index in [1.54, 1.807) is 44.2 Å². The number of aryl methyl sites for hydroxylation is 1. The van der Waals surface area contributed by atoms with Crippen molar-refractivity contribution in [1.82, 2.24) is 5.43 Å². The summed E-state index contributed by atoms with van der Waals surface area (Å²) in [5, 5.41) is 15.5. The summed E-state index contributed by atoms with van der Waals surface area (Å²) in [6, 6.07) is 10.3. The van der Waals surface area contributed by atoms with Crippen LogP contribution in [0.3, 0.4) is 0 Å². The standard InChI is InChI=1S/C17H16N4O3/c1-11(20-21-17(23)14-7-8-24-12(14)2)9-16(22)19-15-6-4-3-5-13(15)10-18/h3-8H,9H2,1-2H3,(H,19,22)(H,21,23)/b20-11+. The van der Waals surface area contributed by atoms with Gasteiger partial charge in [0, 0.05) is 5.71 Å². The highest BCUT2D eigenvalue weighted by Crippen LogP contribution is 2.13. The fourth-order valence-electron chi connectivity index (χ4n) is 1.98. The molecule has 7 nitrogen and oxygen atoms in total. The predicted octanol–water partition coefficient (Wildman–Crippen LogP) is 2.59. The number of nitriles is 1. The van der Waals surface area contributed by atoms with Gasteiger partial charge in [-0.25, -0.2) is 5.43 Å². The number of hydrogen-bond donors (Lipinski definition) is 2. The molecule has 0 bridgehead atoms. The molecular formula is C17H16N4O3. The summed E-state index contributed by atoms with van der Waals surface area (Å²) < 4.78 is 5.05. The van der Waals surface area contributed by atoms with E-state index in [2.05, 4.69) is 15.8 Å². The number of amides is 2. The lowest BCUT2D eigenvalue weighted by molar-refractivity contribution is -0.115. The number of rotatable bonds is 5. The van der Waals surface area contributed by atoms with E-state index in [1.165, 1.54) is 6.26 Å². The summed E-state index contributed by atoms with van der Waals surface area (Å²) in [7, 11) is 0. The molecule has 0 saturated heterocycles. The molecule has 1 aromatic heterocycles. The van der Waals surface area contributed by atoms with Crippen molar-refractivity contribution in [2.24, 2.45) is 5.10 Å². The molecule has 2 aromatic rings. The average molecular weight is 324 g/mol. The van der Waals surface area contributed by atoms with E-state index >= 15 is 0 Å². The Morgan fingerprint density at radius 3 is 2.71 bits per heavy atom. The zero-order valence-electron chi connectivity index (χ0n) is 13.3. The van der Waals surface area contributed by atoms with E-state index in [0.29, 0.717) is 28.3 Å². The Morgan fingerprint density at radius 1 is 1.29 bits per heavy atom. The van der Waals surface area contributed by atoms with E-state index in [4.69, 9.17) is 9.68 Å². The summed E-state index contributed by atoms with van der Waals surface area (Å²) in [6.45, 7) is 3.30. The molecule has 2 N–H and O–H groups in total. The zero-order chi connectivity index (χ0) is 17.5. The molecule has 0 radical (unpaired) electrons. The van der Waals surface area contributed by atoms with Gasteiger partial charge in [-0.05, 0) is 32.0 Å². The van der Waals surface area contributed by atoms with Crippen LogP contribution in [0.2, 0.25) is 0 Å². The normalized spacial score (nSPS) is 10.8. The van der Waals surface area contributed by atoms with Crippen LogP contribution < -0.4 is 10.7 Å². The first-order valence-corrected chi connectivity index (χ1v) is 7.18. The maximum absolute atomic E-state index is 12.0. The summed E-state index contributed by atoms with van der Waals surface area (Å²) in [6.07, 6.45) is 1.41. The first-order valence-electron chi connectivity index (χ1n) is 7.18. The van der Waals surface area contributed by atoms with Crippen molar-refractivity contribution in [1.29, 1.82) is 5.26 Å². The summed E-state index contributed by atoms with van der Waals surface area (Å²) >= 11 is 0. The Hall–Kier alpha value is -3.40. The Bertz CT molecular complexity index is 830. The molecule has 0 aliphatic heterocycles. The van der Waals surface area contributed by atoms with Gasteiger partial charge in [-0.15, -0.1) is 0 Å². The monoisotopic (exact) mass is 324 g/mol. The van der Waals surface area contributed by atoms with Crippen molar-refractivity contribution in [2.75, 3.05) is 5.32 Å². The van der Waals surface area contributed by atoms with Crippen molar-refractivity contribution in [3.63, 3.8) is 0 Å². The van der Waals surface area contributed by atoms with Crippen LogP contribution in [-0.2, 0) is 4.79 Å². The first kappa shape index (κ1) is 17.0. The zero-order valence-corrected chi connectivity index (χ0v) is 13.3. The van der Waals surface area contributed by atoms with E-state index < -0.39 is 5.91 Å². The third kappa shape index (κ3) is 4.30. The highest BCUT2D eigenvalue weighted by molar-refractivity contribution is 6.06. The molecule has 7 heteroatoms. The molecule has 122 valence electrons. The van der Waals surface area contributed by atoms with Gasteiger partial charge in [-0.3, -0.25) is 9.59 Å². The highest BCUT2D eigenvalue weighted by atomic mass is 16.3. The van der Waals surface area contributed by atoms with Crippen LogP contribution in [-0.4, -0.2) is 17.5 Å². The van der Waals surface area contributed by atoms with E-state index in [0.717, 1.165) is 0 Å². The van der Waals surface area contributed by atoms with Gasteiger partial charge in [0.25, 0.3) is 5.91 Å². The van der Waals surface area contributed by atoms with E-state index in [1.807, 2.05) is 6.07 Å². The lowest BCUT2D eigenvalue weighted by Gasteiger charge is -2.06. The fraction of sp³-hybridized carbons (Fsp3) is 0.176. The van der Waals surface area contributed by atoms with Gasteiger partial charge in [0.15, 0.2) is 0 Å². The number of carbonyl (C=O) groups excluding carboxylic acids is 2. The molecule has 24 heavy (non-hydrogen) atoms. The van der Waals surface area contributed by atoms with Crippen LogP contribution in [0.25, 0.3) is 0 Å². The largest absolute Gasteiger partial charge is 0.469 e. The maximum atomic E-state index is 12.0. The quantitative estimate of drug-likeness (QED) is 0.651. The Balaban J connectivity index is 1.93. The summed E-state index contributed by atoms with van der Waals surface area (Å²) in [5.41, 5.74) is 4.01. The van der Waals surface area contributed by atoms with E-state index in [-0.39, 0.29) is 12.3 Å². The molecule has 0 atom stereocenters. The molecule has 0 aliphatic rings. The van der Waals surface area contributed by atoms with Gasteiger partial charge in [-0.2, -0.15) is 10.4 Å². The lowest BCUT2D eigenvalue weighted by atomic mass is 10.2. The molecule has 2 amide bonds. The van der Waals surface area contributed by atoms with Crippen molar-refractivity contribution in [3.05, 3.63) is 53.5 Å². The third-order valence-electron chi connectivity index (χ3n) is 3.19. The topological polar surface area (TPSA) is 107 Å². The number of carbonyl (C=O) groups is 2. The lowest BCUT2D eigenvalue weighted by Crippen LogP contribution is -2.21. The predicted molar refractivity (Wildman–Crippen MR) is 88.4 cm³/mol. The third-order valence-corrected chi connectivity index (χ3v) is 3.19. The smallest absolute Gasteiger partial charge is 0.274 e. The van der Waals surface area contributed by atoms with Crippen molar-refractivity contribution in [3.8, 4) is 6.07 Å². The molecule has 1 heterocycles. The van der Waals surface area contributed by atoms with Crippen LogP contribution >= 0.6 is 0 Å². The molecule has 1 aromatic carbocycles. The molecule has 0 spiro atoms. The SMILES string of the molecule is C/C(CC(=O)Nc1ccccc1C#N)=N\NC(=O)c1ccoc1C. The second-order valence-corrected chi connectivity index (χ2v) is 5.06. The van der Waals surface area contributed by atoms with Crippen molar-refractivity contribution >= 4 is 23.2 Å². The van der Waals surface area contributed by atoms with Gasteiger partial charge in [-0.1, -0.05) is 12.1 Å².